The highest BCUT2D eigenvalue weighted by Gasteiger charge is 2.20. The molecule has 0 aliphatic carbocycles. The Labute approximate surface area is 230 Å². The van der Waals surface area contributed by atoms with Crippen LogP contribution in [-0.4, -0.2) is 36.1 Å². The number of nitrogens with one attached hydrogen (secondary N) is 2. The molecule has 1 atom stereocenters. The summed E-state index contributed by atoms with van der Waals surface area (Å²) in [6.07, 6.45) is 1.67. The van der Waals surface area contributed by atoms with Gasteiger partial charge in [0, 0.05) is 23.7 Å². The Morgan fingerprint density at radius 1 is 1.03 bits per heavy atom. The third-order valence-electron chi connectivity index (χ3n) is 6.41. The van der Waals surface area contributed by atoms with Crippen molar-refractivity contribution in [2.45, 2.75) is 57.5 Å². The summed E-state index contributed by atoms with van der Waals surface area (Å²) in [6.45, 7) is 6.43. The molecule has 1 amide bonds. The fourth-order valence-corrected chi connectivity index (χ4v) is 4.93. The second-order valence-corrected chi connectivity index (χ2v) is 11.2. The number of hydrogen-bond donors (Lipinski definition) is 3. The fourth-order valence-electron chi connectivity index (χ4n) is 4.06. The molecule has 0 spiro atoms. The van der Waals surface area contributed by atoms with Gasteiger partial charge in [-0.2, -0.15) is 0 Å². The van der Waals surface area contributed by atoms with E-state index in [4.69, 9.17) is 22.8 Å². The summed E-state index contributed by atoms with van der Waals surface area (Å²) < 4.78 is 24.0. The molecule has 0 saturated heterocycles. The number of carbonyl (C=O) groups excluding carboxylic acids is 1. The molecule has 9 heteroatoms. The molecular formula is C29H34N4O3S2. The summed E-state index contributed by atoms with van der Waals surface area (Å²) in [5.74, 6) is 0.229. The van der Waals surface area contributed by atoms with Crippen LogP contribution in [0, 0.1) is 5.41 Å². The number of sulfonamides is 1. The molecule has 4 N–H and O–H groups in total. The van der Waals surface area contributed by atoms with Gasteiger partial charge in [0.1, 0.15) is 5.84 Å². The Bertz CT molecular complexity index is 1420. The van der Waals surface area contributed by atoms with Crippen molar-refractivity contribution in [3.63, 3.8) is 0 Å². The van der Waals surface area contributed by atoms with Crippen molar-refractivity contribution in [2.75, 3.05) is 0 Å². The number of rotatable bonds is 10. The van der Waals surface area contributed by atoms with Gasteiger partial charge in [-0.1, -0.05) is 86.7 Å². The van der Waals surface area contributed by atoms with Gasteiger partial charge in [0.15, 0.2) is 0 Å². The molecule has 0 saturated carbocycles. The third-order valence-corrected chi connectivity index (χ3v) is 7.77. The molecule has 38 heavy (non-hydrogen) atoms. The maximum Gasteiger partial charge on any atom is 0.238 e. The molecule has 0 radical (unpaired) electrons. The Morgan fingerprint density at radius 3 is 2.34 bits per heavy atom. The molecule has 0 aliphatic rings. The monoisotopic (exact) mass is 550 g/mol. The van der Waals surface area contributed by atoms with Gasteiger partial charge >= 0.3 is 0 Å². The van der Waals surface area contributed by atoms with Crippen LogP contribution in [0.3, 0.4) is 0 Å². The first-order chi connectivity index (χ1) is 18.0. The summed E-state index contributed by atoms with van der Waals surface area (Å²) in [6, 6.07) is 21.5. The van der Waals surface area contributed by atoms with Crippen LogP contribution in [0.1, 0.15) is 50.3 Å². The van der Waals surface area contributed by atoms with Crippen molar-refractivity contribution in [1.82, 2.24) is 10.2 Å². The number of benzene rings is 3. The SMILES string of the molecule is CCC(=S)NC(=N)c1cccc(CN(C(=O)Cc2ccc(-c3ccccc3S(N)(=O)=O)cc2)C(C)CC)c1. The highest BCUT2D eigenvalue weighted by molar-refractivity contribution is 7.89. The molecule has 3 rings (SSSR count). The van der Waals surface area contributed by atoms with Gasteiger partial charge in [-0.15, -0.1) is 0 Å². The molecule has 0 aromatic heterocycles. The number of nitrogens with two attached hydrogens (primary N) is 1. The average molecular weight is 551 g/mol. The second kappa shape index (κ2) is 12.9. The highest BCUT2D eigenvalue weighted by atomic mass is 32.2. The van der Waals surface area contributed by atoms with Gasteiger partial charge in [-0.05, 0) is 48.6 Å². The topological polar surface area (TPSA) is 116 Å². The van der Waals surface area contributed by atoms with Crippen LogP contribution in [-0.2, 0) is 27.8 Å². The van der Waals surface area contributed by atoms with E-state index in [0.717, 1.165) is 17.5 Å². The van der Waals surface area contributed by atoms with Crippen LogP contribution >= 0.6 is 12.2 Å². The van der Waals surface area contributed by atoms with Crippen molar-refractivity contribution in [1.29, 1.82) is 5.41 Å². The number of primary sulfonamides is 1. The quantitative estimate of drug-likeness (QED) is 0.186. The van der Waals surface area contributed by atoms with Crippen molar-refractivity contribution in [2.24, 2.45) is 5.14 Å². The summed E-state index contributed by atoms with van der Waals surface area (Å²) >= 11 is 5.20. The van der Waals surface area contributed by atoms with E-state index in [-0.39, 0.29) is 29.1 Å². The van der Waals surface area contributed by atoms with Gasteiger partial charge < -0.3 is 10.2 Å². The van der Waals surface area contributed by atoms with Crippen LogP contribution in [0.2, 0.25) is 0 Å². The standard InChI is InChI=1S/C29H34N4O3S2/c1-4-20(3)33(19-22-9-8-10-24(17-22)29(30)32-27(37)5-2)28(34)18-21-13-15-23(16-14-21)25-11-6-7-12-26(25)38(31,35)36/h6-17,20H,4-5,18-19H2,1-3H3,(H2,30,32,37)(H2,31,35,36). The second-order valence-electron chi connectivity index (χ2n) is 9.17. The lowest BCUT2D eigenvalue weighted by atomic mass is 10.0. The van der Waals surface area contributed by atoms with E-state index in [2.05, 4.69) is 5.32 Å². The maximum absolute atomic E-state index is 13.4. The van der Waals surface area contributed by atoms with Gasteiger partial charge in [0.25, 0.3) is 0 Å². The molecule has 3 aromatic carbocycles. The largest absolute Gasteiger partial charge is 0.335 e. The lowest BCUT2D eigenvalue weighted by Gasteiger charge is -2.29. The average Bonchev–Trinajstić information content (AvgIpc) is 2.91. The zero-order chi connectivity index (χ0) is 27.9. The van der Waals surface area contributed by atoms with Gasteiger partial charge in [-0.3, -0.25) is 10.2 Å². The molecule has 0 bridgehead atoms. The number of thiocarbonyl (C=S) groups is 1. The van der Waals surface area contributed by atoms with E-state index in [0.29, 0.717) is 34.6 Å². The molecular weight excluding hydrogens is 516 g/mol. The lowest BCUT2D eigenvalue weighted by Crippen LogP contribution is -2.38. The zero-order valence-corrected chi connectivity index (χ0v) is 23.5. The maximum atomic E-state index is 13.4. The van der Waals surface area contributed by atoms with Crippen LogP contribution in [0.4, 0.5) is 0 Å². The molecule has 200 valence electrons. The van der Waals surface area contributed by atoms with Gasteiger partial charge in [0.2, 0.25) is 15.9 Å². The van der Waals surface area contributed by atoms with Crippen molar-refractivity contribution in [3.05, 3.63) is 89.5 Å². The van der Waals surface area contributed by atoms with Crippen molar-refractivity contribution in [3.8, 4) is 11.1 Å². The molecule has 1 unspecified atom stereocenters. The minimum absolute atomic E-state index is 0.0113. The van der Waals surface area contributed by atoms with E-state index < -0.39 is 10.0 Å². The number of amides is 1. The van der Waals surface area contributed by atoms with E-state index in [9.17, 15) is 13.2 Å². The van der Waals surface area contributed by atoms with Crippen LogP contribution < -0.4 is 10.5 Å². The van der Waals surface area contributed by atoms with Crippen molar-refractivity contribution >= 4 is 39.0 Å². The number of amidine groups is 1. The number of nitrogens with zero attached hydrogens (tertiary/aromatic N) is 1. The Balaban J connectivity index is 1.78. The summed E-state index contributed by atoms with van der Waals surface area (Å²) in [7, 11) is -3.86. The summed E-state index contributed by atoms with van der Waals surface area (Å²) in [5, 5.41) is 16.6. The zero-order valence-electron chi connectivity index (χ0n) is 21.9. The van der Waals surface area contributed by atoms with E-state index in [1.54, 1.807) is 18.2 Å². The minimum Gasteiger partial charge on any atom is -0.335 e. The predicted molar refractivity (Wildman–Crippen MR) is 157 cm³/mol. The Hall–Kier alpha value is -3.40. The predicted octanol–water partition coefficient (Wildman–Crippen LogP) is 5.02. The summed E-state index contributed by atoms with van der Waals surface area (Å²) in [5.41, 5.74) is 3.70. The minimum atomic E-state index is -3.86. The van der Waals surface area contributed by atoms with Crippen LogP contribution in [0.15, 0.2) is 77.7 Å². The van der Waals surface area contributed by atoms with Crippen LogP contribution in [0.25, 0.3) is 11.1 Å². The molecule has 7 nitrogen and oxygen atoms in total. The van der Waals surface area contributed by atoms with E-state index in [1.165, 1.54) is 6.07 Å². The van der Waals surface area contributed by atoms with Gasteiger partial charge in [0.05, 0.1) is 16.3 Å². The molecule has 0 fully saturated rings. The molecule has 0 aliphatic heterocycles. The summed E-state index contributed by atoms with van der Waals surface area (Å²) in [4.78, 5) is 15.9. The lowest BCUT2D eigenvalue weighted by molar-refractivity contribution is -0.133. The fraction of sp³-hybridized carbons (Fsp3) is 0.276. The van der Waals surface area contributed by atoms with E-state index >= 15 is 0 Å². The van der Waals surface area contributed by atoms with Crippen molar-refractivity contribution < 1.29 is 13.2 Å². The smallest absolute Gasteiger partial charge is 0.238 e. The molecule has 3 aromatic rings. The van der Waals surface area contributed by atoms with E-state index in [1.807, 2.05) is 74.2 Å². The molecule has 0 heterocycles. The number of carbonyl (C=O) groups is 1. The Kier molecular flexibility index (Phi) is 9.90. The first-order valence-electron chi connectivity index (χ1n) is 12.5. The first kappa shape index (κ1) is 29.2. The normalized spacial score (nSPS) is 12.0. The van der Waals surface area contributed by atoms with Gasteiger partial charge in [-0.25, -0.2) is 13.6 Å². The highest BCUT2D eigenvalue weighted by Crippen LogP contribution is 2.27. The first-order valence-corrected chi connectivity index (χ1v) is 14.5. The third kappa shape index (κ3) is 7.56. The Morgan fingerprint density at radius 2 is 1.71 bits per heavy atom. The van der Waals surface area contributed by atoms with Crippen LogP contribution in [0.5, 0.6) is 0 Å². The number of hydrogen-bond acceptors (Lipinski definition) is 5.